The van der Waals surface area contributed by atoms with Crippen LogP contribution >= 0.6 is 11.3 Å². The third kappa shape index (κ3) is 3.35. The highest BCUT2D eigenvalue weighted by molar-refractivity contribution is 7.15. The first-order valence-electron chi connectivity index (χ1n) is 9.04. The summed E-state index contributed by atoms with van der Waals surface area (Å²) in [5, 5.41) is 19.8. The normalized spacial score (nSPS) is 18.0. The highest BCUT2D eigenvalue weighted by Gasteiger charge is 2.28. The lowest BCUT2D eigenvalue weighted by molar-refractivity contribution is 0.477. The standard InChI is InChI=1S/C17H24N8S/c1-12(2)16-21-22-17(26-16)25-7-4-5-13(9-25)15-20-19-14(23(15)3)10-24-8-6-18-11-24/h6,8,11-13H,4-5,7,9-10H2,1-3H3/t13-/m1/s1. The van der Waals surface area contributed by atoms with Gasteiger partial charge in [-0.15, -0.1) is 20.4 Å². The monoisotopic (exact) mass is 372 g/mol. The van der Waals surface area contributed by atoms with Crippen molar-refractivity contribution in [2.24, 2.45) is 7.05 Å². The molecule has 3 aromatic heterocycles. The number of hydrogen-bond donors (Lipinski definition) is 0. The Kier molecular flexibility index (Phi) is 4.71. The highest BCUT2D eigenvalue weighted by atomic mass is 32.1. The van der Waals surface area contributed by atoms with Crippen LogP contribution in [0.1, 0.15) is 55.2 Å². The summed E-state index contributed by atoms with van der Waals surface area (Å²) in [6.07, 6.45) is 7.79. The number of aromatic nitrogens is 7. The van der Waals surface area contributed by atoms with Gasteiger partial charge < -0.3 is 14.0 Å². The molecule has 0 aliphatic carbocycles. The fraction of sp³-hybridized carbons (Fsp3) is 0.588. The first-order valence-corrected chi connectivity index (χ1v) is 9.85. The summed E-state index contributed by atoms with van der Waals surface area (Å²) < 4.78 is 4.14. The van der Waals surface area contributed by atoms with E-state index >= 15 is 0 Å². The van der Waals surface area contributed by atoms with Crippen LogP contribution in [0.5, 0.6) is 0 Å². The Morgan fingerprint density at radius 3 is 2.85 bits per heavy atom. The van der Waals surface area contributed by atoms with E-state index in [1.54, 1.807) is 23.9 Å². The molecule has 1 fully saturated rings. The molecular weight excluding hydrogens is 348 g/mol. The molecule has 4 rings (SSSR count). The Morgan fingerprint density at radius 1 is 1.23 bits per heavy atom. The summed E-state index contributed by atoms with van der Waals surface area (Å²) in [4.78, 5) is 6.44. The highest BCUT2D eigenvalue weighted by Crippen LogP contribution is 2.32. The fourth-order valence-corrected chi connectivity index (χ4v) is 4.24. The third-order valence-electron chi connectivity index (χ3n) is 4.86. The van der Waals surface area contributed by atoms with Crippen molar-refractivity contribution in [1.29, 1.82) is 0 Å². The van der Waals surface area contributed by atoms with Crippen molar-refractivity contribution in [1.82, 2.24) is 34.5 Å². The Labute approximate surface area is 156 Å². The van der Waals surface area contributed by atoms with Gasteiger partial charge in [-0.3, -0.25) is 0 Å². The van der Waals surface area contributed by atoms with E-state index in [9.17, 15) is 0 Å². The lowest BCUT2D eigenvalue weighted by Gasteiger charge is -2.31. The average molecular weight is 373 g/mol. The lowest BCUT2D eigenvalue weighted by atomic mass is 9.97. The van der Waals surface area contributed by atoms with E-state index in [4.69, 9.17) is 0 Å². The molecule has 4 heterocycles. The van der Waals surface area contributed by atoms with Crippen molar-refractivity contribution >= 4 is 16.5 Å². The largest absolute Gasteiger partial charge is 0.346 e. The van der Waals surface area contributed by atoms with Crippen LogP contribution < -0.4 is 4.90 Å². The minimum absolute atomic E-state index is 0.365. The topological polar surface area (TPSA) is 77.6 Å². The Hall–Kier alpha value is -2.29. The van der Waals surface area contributed by atoms with E-state index in [0.717, 1.165) is 47.7 Å². The Bertz CT molecular complexity index is 850. The second-order valence-electron chi connectivity index (χ2n) is 7.13. The van der Waals surface area contributed by atoms with Gasteiger partial charge in [0.25, 0.3) is 0 Å². The summed E-state index contributed by atoms with van der Waals surface area (Å²) in [5.41, 5.74) is 0. The summed E-state index contributed by atoms with van der Waals surface area (Å²) in [7, 11) is 2.06. The van der Waals surface area contributed by atoms with Crippen LogP contribution in [0.15, 0.2) is 18.7 Å². The maximum Gasteiger partial charge on any atom is 0.208 e. The van der Waals surface area contributed by atoms with Gasteiger partial charge in [0.05, 0.1) is 12.9 Å². The van der Waals surface area contributed by atoms with Crippen LogP contribution in [0.25, 0.3) is 0 Å². The van der Waals surface area contributed by atoms with Gasteiger partial charge in [0.15, 0.2) is 5.82 Å². The number of anilines is 1. The molecule has 0 saturated carbocycles. The maximum absolute atomic E-state index is 4.50. The number of rotatable bonds is 5. The number of hydrogen-bond acceptors (Lipinski definition) is 7. The van der Waals surface area contributed by atoms with Crippen LogP contribution in [-0.4, -0.2) is 47.6 Å². The second-order valence-corrected chi connectivity index (χ2v) is 8.12. The second kappa shape index (κ2) is 7.14. The zero-order valence-electron chi connectivity index (χ0n) is 15.4. The molecule has 1 aliphatic rings. The SMILES string of the molecule is CC(C)c1nnc(N2CCC[C@@H](c3nnc(Cn4ccnc4)n3C)C2)s1. The van der Waals surface area contributed by atoms with Gasteiger partial charge in [0, 0.05) is 44.4 Å². The first kappa shape index (κ1) is 17.1. The number of imidazole rings is 1. The number of nitrogens with zero attached hydrogens (tertiary/aromatic N) is 8. The quantitative estimate of drug-likeness (QED) is 0.684. The van der Waals surface area contributed by atoms with Crippen LogP contribution in [-0.2, 0) is 13.6 Å². The Morgan fingerprint density at radius 2 is 2.12 bits per heavy atom. The summed E-state index contributed by atoms with van der Waals surface area (Å²) in [6.45, 7) is 6.95. The van der Waals surface area contributed by atoms with Gasteiger partial charge in [0.2, 0.25) is 5.13 Å². The van der Waals surface area contributed by atoms with Crippen LogP contribution in [0.2, 0.25) is 0 Å². The molecule has 26 heavy (non-hydrogen) atoms. The molecule has 0 spiro atoms. The molecule has 0 bridgehead atoms. The van der Waals surface area contributed by atoms with Crippen LogP contribution in [0.3, 0.4) is 0 Å². The zero-order chi connectivity index (χ0) is 18.1. The van der Waals surface area contributed by atoms with E-state index < -0.39 is 0 Å². The van der Waals surface area contributed by atoms with E-state index in [0.29, 0.717) is 18.4 Å². The molecule has 0 N–H and O–H groups in total. The number of piperidine rings is 1. The maximum atomic E-state index is 4.50. The summed E-state index contributed by atoms with van der Waals surface area (Å²) in [6, 6.07) is 0. The first-order chi connectivity index (χ1) is 12.6. The minimum atomic E-state index is 0.365. The summed E-state index contributed by atoms with van der Waals surface area (Å²) >= 11 is 1.71. The van der Waals surface area contributed by atoms with E-state index in [2.05, 4.69) is 55.7 Å². The lowest BCUT2D eigenvalue weighted by Crippen LogP contribution is -2.35. The van der Waals surface area contributed by atoms with Gasteiger partial charge in [-0.25, -0.2) is 4.98 Å². The van der Waals surface area contributed by atoms with Crippen molar-refractivity contribution in [3.8, 4) is 0 Å². The molecule has 1 atom stereocenters. The van der Waals surface area contributed by atoms with Crippen molar-refractivity contribution in [2.45, 2.75) is 45.1 Å². The molecule has 0 radical (unpaired) electrons. The van der Waals surface area contributed by atoms with Crippen LogP contribution in [0.4, 0.5) is 5.13 Å². The molecule has 0 amide bonds. The van der Waals surface area contributed by atoms with Crippen molar-refractivity contribution < 1.29 is 0 Å². The molecule has 1 saturated heterocycles. The predicted octanol–water partition coefficient (Wildman–Crippen LogP) is 2.42. The smallest absolute Gasteiger partial charge is 0.208 e. The molecule has 138 valence electrons. The van der Waals surface area contributed by atoms with Crippen LogP contribution in [0, 0.1) is 0 Å². The third-order valence-corrected chi connectivity index (χ3v) is 6.15. The van der Waals surface area contributed by atoms with Crippen molar-refractivity contribution in [2.75, 3.05) is 18.0 Å². The van der Waals surface area contributed by atoms with Gasteiger partial charge in [-0.2, -0.15) is 0 Å². The van der Waals surface area contributed by atoms with Crippen molar-refractivity contribution in [3.05, 3.63) is 35.4 Å². The molecule has 1 aliphatic heterocycles. The zero-order valence-corrected chi connectivity index (χ0v) is 16.2. The van der Waals surface area contributed by atoms with Gasteiger partial charge in [0.1, 0.15) is 10.8 Å². The van der Waals surface area contributed by atoms with Gasteiger partial charge in [-0.05, 0) is 12.8 Å². The molecule has 0 unspecified atom stereocenters. The van der Waals surface area contributed by atoms with E-state index in [1.165, 1.54) is 0 Å². The summed E-state index contributed by atoms with van der Waals surface area (Å²) in [5.74, 6) is 2.79. The minimum Gasteiger partial charge on any atom is -0.346 e. The van der Waals surface area contributed by atoms with Gasteiger partial charge >= 0.3 is 0 Å². The molecule has 3 aromatic rings. The molecule has 8 nitrogen and oxygen atoms in total. The van der Waals surface area contributed by atoms with Crippen molar-refractivity contribution in [3.63, 3.8) is 0 Å². The fourth-order valence-electron chi connectivity index (χ4n) is 3.36. The predicted molar refractivity (Wildman–Crippen MR) is 101 cm³/mol. The molecular formula is C17H24N8S. The van der Waals surface area contributed by atoms with Gasteiger partial charge in [-0.1, -0.05) is 25.2 Å². The van der Waals surface area contributed by atoms with E-state index in [1.807, 2.05) is 10.8 Å². The van der Waals surface area contributed by atoms with E-state index in [-0.39, 0.29) is 0 Å². The molecule has 9 heteroatoms. The average Bonchev–Trinajstić information content (AvgIpc) is 3.38. The Balaban J connectivity index is 1.50. The molecule has 0 aromatic carbocycles.